The Morgan fingerprint density at radius 1 is 1.35 bits per heavy atom. The van der Waals surface area contributed by atoms with Crippen LogP contribution in [0.15, 0.2) is 36.7 Å². The van der Waals surface area contributed by atoms with Crippen molar-refractivity contribution < 1.29 is 14.5 Å². The number of nitro groups is 1. The Balaban J connectivity index is 2.72. The second kappa shape index (κ2) is 5.66. The first-order chi connectivity index (χ1) is 9.54. The fourth-order valence-electron chi connectivity index (χ4n) is 1.79. The molecule has 0 aliphatic carbocycles. The van der Waals surface area contributed by atoms with Crippen LogP contribution in [0.2, 0.25) is 5.02 Å². The maximum atomic E-state index is 11.7. The fourth-order valence-corrected chi connectivity index (χ4v) is 1.96. The zero-order valence-electron chi connectivity index (χ0n) is 10.4. The van der Waals surface area contributed by atoms with E-state index in [2.05, 4.69) is 9.72 Å². The third-order valence-corrected chi connectivity index (χ3v) is 2.91. The summed E-state index contributed by atoms with van der Waals surface area (Å²) in [5, 5.41) is 11.4. The number of hydrogen-bond acceptors (Lipinski definition) is 5. The molecule has 0 radical (unpaired) electrons. The molecule has 0 bridgehead atoms. The lowest BCUT2D eigenvalue weighted by Gasteiger charge is -2.08. The highest BCUT2D eigenvalue weighted by atomic mass is 35.5. The molecule has 0 aliphatic rings. The highest BCUT2D eigenvalue weighted by molar-refractivity contribution is 6.31. The number of ether oxygens (including phenoxy) is 1. The van der Waals surface area contributed by atoms with Gasteiger partial charge in [-0.05, 0) is 24.3 Å². The number of nitrogens with zero attached hydrogens (tertiary/aromatic N) is 2. The largest absolute Gasteiger partial charge is 0.465 e. The minimum atomic E-state index is -0.595. The van der Waals surface area contributed by atoms with Crippen LogP contribution in [-0.2, 0) is 4.74 Å². The Bertz CT molecular complexity index is 688. The normalized spacial score (nSPS) is 10.1. The minimum absolute atomic E-state index is 0.200. The van der Waals surface area contributed by atoms with E-state index in [4.69, 9.17) is 11.6 Å². The van der Waals surface area contributed by atoms with E-state index in [9.17, 15) is 14.9 Å². The Labute approximate surface area is 119 Å². The molecule has 0 spiro atoms. The van der Waals surface area contributed by atoms with Crippen molar-refractivity contribution in [2.24, 2.45) is 0 Å². The molecule has 20 heavy (non-hydrogen) atoms. The van der Waals surface area contributed by atoms with E-state index in [0.717, 1.165) is 6.20 Å². The first-order valence-corrected chi connectivity index (χ1v) is 5.89. The molecule has 2 aromatic rings. The van der Waals surface area contributed by atoms with Crippen LogP contribution in [0.25, 0.3) is 11.1 Å². The molecule has 0 unspecified atom stereocenters. The van der Waals surface area contributed by atoms with Crippen molar-refractivity contribution in [3.05, 3.63) is 57.4 Å². The summed E-state index contributed by atoms with van der Waals surface area (Å²) < 4.78 is 4.67. The molecule has 2 rings (SSSR count). The van der Waals surface area contributed by atoms with Gasteiger partial charge in [0.15, 0.2) is 0 Å². The van der Waals surface area contributed by atoms with Crippen LogP contribution >= 0.6 is 11.6 Å². The van der Waals surface area contributed by atoms with Crippen LogP contribution in [0.3, 0.4) is 0 Å². The van der Waals surface area contributed by atoms with Crippen molar-refractivity contribution in [1.29, 1.82) is 0 Å². The van der Waals surface area contributed by atoms with Gasteiger partial charge in [-0.3, -0.25) is 15.1 Å². The molecule has 6 nitrogen and oxygen atoms in total. The summed E-state index contributed by atoms with van der Waals surface area (Å²) in [4.78, 5) is 25.9. The van der Waals surface area contributed by atoms with Crippen molar-refractivity contribution in [1.82, 2.24) is 4.98 Å². The average molecular weight is 293 g/mol. The Hall–Kier alpha value is -2.47. The smallest absolute Gasteiger partial charge is 0.338 e. The second-order valence-electron chi connectivity index (χ2n) is 3.83. The molecule has 0 fully saturated rings. The van der Waals surface area contributed by atoms with E-state index < -0.39 is 10.9 Å². The van der Waals surface area contributed by atoms with Crippen molar-refractivity contribution in [2.45, 2.75) is 0 Å². The van der Waals surface area contributed by atoms with E-state index in [-0.39, 0.29) is 16.8 Å². The lowest BCUT2D eigenvalue weighted by atomic mass is 9.99. The standard InChI is InChI=1S/C13H9ClN2O4/c1-20-13(17)10-3-2-8(14)6-11(10)9-4-5-15-7-12(9)16(18)19/h2-7H,1H3. The Morgan fingerprint density at radius 2 is 2.10 bits per heavy atom. The zero-order chi connectivity index (χ0) is 14.7. The van der Waals surface area contributed by atoms with E-state index in [1.165, 1.54) is 37.6 Å². The zero-order valence-corrected chi connectivity index (χ0v) is 11.1. The van der Waals surface area contributed by atoms with Gasteiger partial charge < -0.3 is 4.74 Å². The molecule has 7 heteroatoms. The molecule has 102 valence electrons. The molecule has 0 aliphatic heterocycles. The molecule has 0 atom stereocenters. The third-order valence-electron chi connectivity index (χ3n) is 2.67. The van der Waals surface area contributed by atoms with Gasteiger partial charge in [-0.2, -0.15) is 0 Å². The third kappa shape index (κ3) is 2.60. The van der Waals surface area contributed by atoms with Crippen molar-refractivity contribution in [3.63, 3.8) is 0 Å². The molecule has 1 aromatic heterocycles. The molecule has 1 aromatic carbocycles. The van der Waals surface area contributed by atoms with Crippen LogP contribution in [0.1, 0.15) is 10.4 Å². The first-order valence-electron chi connectivity index (χ1n) is 5.51. The lowest BCUT2D eigenvalue weighted by Crippen LogP contribution is -2.04. The molecule has 0 saturated heterocycles. The average Bonchev–Trinajstić information content (AvgIpc) is 2.46. The number of rotatable bonds is 3. The van der Waals surface area contributed by atoms with Crippen LogP contribution in [0.5, 0.6) is 0 Å². The number of carbonyl (C=O) groups excluding carboxylic acids is 1. The number of hydrogen-bond donors (Lipinski definition) is 0. The summed E-state index contributed by atoms with van der Waals surface area (Å²) in [6, 6.07) is 5.92. The Morgan fingerprint density at radius 3 is 2.75 bits per heavy atom. The number of benzene rings is 1. The number of pyridine rings is 1. The minimum Gasteiger partial charge on any atom is -0.465 e. The van der Waals surface area contributed by atoms with Gasteiger partial charge in [0.1, 0.15) is 6.20 Å². The molecule has 1 heterocycles. The molecule has 0 N–H and O–H groups in total. The lowest BCUT2D eigenvalue weighted by molar-refractivity contribution is -0.384. The predicted molar refractivity (Wildman–Crippen MR) is 72.7 cm³/mol. The van der Waals surface area contributed by atoms with E-state index in [1.807, 2.05) is 0 Å². The molecule has 0 amide bonds. The maximum Gasteiger partial charge on any atom is 0.338 e. The highest BCUT2D eigenvalue weighted by Crippen LogP contribution is 2.33. The molecular formula is C13H9ClN2O4. The predicted octanol–water partition coefficient (Wildman–Crippen LogP) is 3.10. The number of carbonyl (C=O) groups is 1. The highest BCUT2D eigenvalue weighted by Gasteiger charge is 2.21. The molecule has 0 saturated carbocycles. The summed E-state index contributed by atoms with van der Waals surface area (Å²) >= 11 is 5.91. The monoisotopic (exact) mass is 292 g/mol. The summed E-state index contributed by atoms with van der Waals surface area (Å²) in [5.74, 6) is -0.595. The van der Waals surface area contributed by atoms with Gasteiger partial charge in [0, 0.05) is 16.8 Å². The number of halogens is 1. The SMILES string of the molecule is COC(=O)c1ccc(Cl)cc1-c1ccncc1[N+](=O)[O-]. The van der Waals surface area contributed by atoms with Gasteiger partial charge in [-0.25, -0.2) is 4.79 Å². The van der Waals surface area contributed by atoms with Gasteiger partial charge >= 0.3 is 5.97 Å². The summed E-state index contributed by atoms with van der Waals surface area (Å²) in [6.45, 7) is 0. The van der Waals surface area contributed by atoms with Crippen LogP contribution < -0.4 is 0 Å². The van der Waals surface area contributed by atoms with Gasteiger partial charge in [-0.1, -0.05) is 11.6 Å². The van der Waals surface area contributed by atoms with Gasteiger partial charge in [-0.15, -0.1) is 0 Å². The summed E-state index contributed by atoms with van der Waals surface area (Å²) in [5.41, 5.74) is 0.581. The number of methoxy groups -OCH3 is 1. The number of esters is 1. The summed E-state index contributed by atoms with van der Waals surface area (Å²) in [7, 11) is 1.24. The molecular weight excluding hydrogens is 284 g/mol. The topological polar surface area (TPSA) is 82.3 Å². The van der Waals surface area contributed by atoms with E-state index in [1.54, 1.807) is 0 Å². The summed E-state index contributed by atoms with van der Waals surface area (Å²) in [6.07, 6.45) is 2.53. The van der Waals surface area contributed by atoms with E-state index >= 15 is 0 Å². The second-order valence-corrected chi connectivity index (χ2v) is 4.27. The quantitative estimate of drug-likeness (QED) is 0.493. The van der Waals surface area contributed by atoms with Gasteiger partial charge in [0.2, 0.25) is 0 Å². The van der Waals surface area contributed by atoms with Gasteiger partial charge in [0.05, 0.1) is 23.2 Å². The van der Waals surface area contributed by atoms with Crippen LogP contribution in [-0.4, -0.2) is 23.0 Å². The van der Waals surface area contributed by atoms with Crippen LogP contribution in [0, 0.1) is 10.1 Å². The fraction of sp³-hybridized carbons (Fsp3) is 0.0769. The van der Waals surface area contributed by atoms with Crippen LogP contribution in [0.4, 0.5) is 5.69 Å². The van der Waals surface area contributed by atoms with E-state index in [0.29, 0.717) is 10.6 Å². The van der Waals surface area contributed by atoms with Crippen molar-refractivity contribution in [3.8, 4) is 11.1 Å². The van der Waals surface area contributed by atoms with Gasteiger partial charge in [0.25, 0.3) is 5.69 Å². The first kappa shape index (κ1) is 14.0. The number of aromatic nitrogens is 1. The van der Waals surface area contributed by atoms with Crippen molar-refractivity contribution >= 4 is 23.3 Å². The van der Waals surface area contributed by atoms with Crippen molar-refractivity contribution in [2.75, 3.05) is 7.11 Å². The Kier molecular flexibility index (Phi) is 3.95. The maximum absolute atomic E-state index is 11.7.